The highest BCUT2D eigenvalue weighted by atomic mass is 35.5. The second kappa shape index (κ2) is 6.04. The van der Waals surface area contributed by atoms with Gasteiger partial charge in [0.25, 0.3) is 0 Å². The molecule has 1 heterocycles. The molecule has 0 saturated carbocycles. The number of aliphatic hydroxyl groups excluding tert-OH is 1. The molecule has 0 aliphatic heterocycles. The monoisotopic (exact) mass is 304 g/mol. The Morgan fingerprint density at radius 1 is 1.14 bits per heavy atom. The molecule has 4 heteroatoms. The van der Waals surface area contributed by atoms with Crippen LogP contribution in [0.2, 0.25) is 5.02 Å². The second-order valence-corrected chi connectivity index (χ2v) is 6.65. The van der Waals surface area contributed by atoms with E-state index in [1.807, 2.05) is 19.2 Å². The van der Waals surface area contributed by atoms with Crippen LogP contribution in [-0.4, -0.2) is 17.1 Å². The largest absolute Gasteiger partial charge is 0.369 e. The van der Waals surface area contributed by atoms with Crippen molar-refractivity contribution in [3.05, 3.63) is 58.9 Å². The van der Waals surface area contributed by atoms with Gasteiger partial charge in [-0.15, -0.1) is 0 Å². The van der Waals surface area contributed by atoms with Crippen LogP contribution in [0.4, 0.5) is 5.69 Å². The molecule has 0 amide bonds. The average Bonchev–Trinajstić information content (AvgIpc) is 2.45. The summed E-state index contributed by atoms with van der Waals surface area (Å²) in [4.78, 5) is 5.80. The van der Waals surface area contributed by atoms with Crippen LogP contribution < -0.4 is 4.90 Å². The predicted molar refractivity (Wildman–Crippen MR) is 87.8 cm³/mol. The minimum Gasteiger partial charge on any atom is -0.369 e. The Kier molecular flexibility index (Phi) is 4.55. The number of anilines is 1. The van der Waals surface area contributed by atoms with Crippen molar-refractivity contribution >= 4 is 17.3 Å². The molecular weight excluding hydrogens is 284 g/mol. The number of hydrogen-bond donors (Lipinski definition) is 1. The van der Waals surface area contributed by atoms with Crippen molar-refractivity contribution in [3.63, 3.8) is 0 Å². The summed E-state index contributed by atoms with van der Waals surface area (Å²) in [7, 11) is 1.84. The lowest BCUT2D eigenvalue weighted by molar-refractivity contribution is 0.178. The van der Waals surface area contributed by atoms with Gasteiger partial charge in [0.15, 0.2) is 6.23 Å². The van der Waals surface area contributed by atoms with E-state index in [1.165, 1.54) is 5.56 Å². The van der Waals surface area contributed by atoms with E-state index in [-0.39, 0.29) is 5.41 Å². The molecule has 0 fully saturated rings. The Morgan fingerprint density at radius 3 is 2.29 bits per heavy atom. The van der Waals surface area contributed by atoms with E-state index in [4.69, 9.17) is 11.6 Å². The first-order chi connectivity index (χ1) is 9.79. The van der Waals surface area contributed by atoms with Gasteiger partial charge in [0.2, 0.25) is 0 Å². The number of pyridine rings is 1. The van der Waals surface area contributed by atoms with E-state index in [9.17, 15) is 5.11 Å². The van der Waals surface area contributed by atoms with Crippen LogP contribution >= 0.6 is 11.6 Å². The highest BCUT2D eigenvalue weighted by Gasteiger charge is 2.17. The second-order valence-electron chi connectivity index (χ2n) is 6.22. The van der Waals surface area contributed by atoms with Gasteiger partial charge in [-0.05, 0) is 29.2 Å². The first kappa shape index (κ1) is 15.8. The molecule has 1 atom stereocenters. The summed E-state index contributed by atoms with van der Waals surface area (Å²) in [6.45, 7) is 6.54. The SMILES string of the molecule is CN(c1ccc(C(C)(C)C)cc1)C(O)c1cncc(Cl)c1. The summed E-state index contributed by atoms with van der Waals surface area (Å²) >= 11 is 5.92. The van der Waals surface area contributed by atoms with E-state index >= 15 is 0 Å². The molecule has 1 N–H and O–H groups in total. The zero-order valence-corrected chi connectivity index (χ0v) is 13.6. The van der Waals surface area contributed by atoms with E-state index in [0.29, 0.717) is 10.6 Å². The van der Waals surface area contributed by atoms with Gasteiger partial charge in [0.1, 0.15) is 0 Å². The van der Waals surface area contributed by atoms with Crippen LogP contribution in [0.5, 0.6) is 0 Å². The lowest BCUT2D eigenvalue weighted by Gasteiger charge is -2.27. The third-order valence-corrected chi connectivity index (χ3v) is 3.74. The molecule has 1 aromatic carbocycles. The van der Waals surface area contributed by atoms with Gasteiger partial charge in [-0.2, -0.15) is 0 Å². The standard InChI is InChI=1S/C17H21ClN2O/c1-17(2,3)13-5-7-15(8-6-13)20(4)16(21)12-9-14(18)11-19-10-12/h5-11,16,21H,1-4H3. The zero-order valence-electron chi connectivity index (χ0n) is 12.8. The minimum atomic E-state index is -0.781. The average molecular weight is 305 g/mol. The number of aliphatic hydroxyl groups is 1. The van der Waals surface area contributed by atoms with Crippen molar-refractivity contribution in [2.45, 2.75) is 32.4 Å². The van der Waals surface area contributed by atoms with Crippen LogP contribution in [0.3, 0.4) is 0 Å². The summed E-state index contributed by atoms with van der Waals surface area (Å²) in [5.74, 6) is 0. The lowest BCUT2D eigenvalue weighted by atomic mass is 9.87. The minimum absolute atomic E-state index is 0.118. The van der Waals surface area contributed by atoms with Gasteiger partial charge in [0.05, 0.1) is 5.02 Å². The number of nitrogens with zero attached hydrogens (tertiary/aromatic N) is 2. The molecule has 112 valence electrons. The van der Waals surface area contributed by atoms with Crippen molar-refractivity contribution in [2.75, 3.05) is 11.9 Å². The number of benzene rings is 1. The third-order valence-electron chi connectivity index (χ3n) is 3.53. The quantitative estimate of drug-likeness (QED) is 0.865. The number of aromatic nitrogens is 1. The van der Waals surface area contributed by atoms with Gasteiger partial charge in [-0.25, -0.2) is 0 Å². The Balaban J connectivity index is 2.21. The molecule has 0 aliphatic rings. The first-order valence-electron chi connectivity index (χ1n) is 6.91. The molecule has 2 rings (SSSR count). The highest BCUT2D eigenvalue weighted by Crippen LogP contribution is 2.28. The van der Waals surface area contributed by atoms with Crippen LogP contribution in [0.25, 0.3) is 0 Å². The van der Waals surface area contributed by atoms with Crippen molar-refractivity contribution in [1.82, 2.24) is 4.98 Å². The fourth-order valence-electron chi connectivity index (χ4n) is 2.13. The molecule has 21 heavy (non-hydrogen) atoms. The normalized spacial score (nSPS) is 13.0. The molecule has 0 aliphatic carbocycles. The van der Waals surface area contributed by atoms with Crippen LogP contribution in [-0.2, 0) is 5.41 Å². The van der Waals surface area contributed by atoms with E-state index in [0.717, 1.165) is 5.69 Å². The molecule has 0 saturated heterocycles. The van der Waals surface area contributed by atoms with Gasteiger partial charge in [-0.3, -0.25) is 4.98 Å². The summed E-state index contributed by atoms with van der Waals surface area (Å²) in [6, 6.07) is 9.94. The third kappa shape index (κ3) is 3.74. The summed E-state index contributed by atoms with van der Waals surface area (Å²) < 4.78 is 0. The van der Waals surface area contributed by atoms with Gasteiger partial charge in [0, 0.05) is 30.7 Å². The van der Waals surface area contributed by atoms with E-state index in [1.54, 1.807) is 23.4 Å². The van der Waals surface area contributed by atoms with Crippen LogP contribution in [0.1, 0.15) is 38.1 Å². The fraction of sp³-hybridized carbons (Fsp3) is 0.353. The van der Waals surface area contributed by atoms with Crippen molar-refractivity contribution < 1.29 is 5.11 Å². The molecule has 0 radical (unpaired) electrons. The number of halogens is 1. The molecule has 3 nitrogen and oxygen atoms in total. The maximum Gasteiger partial charge on any atom is 0.154 e. The Hall–Kier alpha value is -1.58. The zero-order chi connectivity index (χ0) is 15.6. The smallest absolute Gasteiger partial charge is 0.154 e. The van der Waals surface area contributed by atoms with Crippen molar-refractivity contribution in [3.8, 4) is 0 Å². The molecular formula is C17H21ClN2O. The highest BCUT2D eigenvalue weighted by molar-refractivity contribution is 6.30. The molecule has 1 aromatic heterocycles. The van der Waals surface area contributed by atoms with Crippen LogP contribution in [0, 0.1) is 0 Å². The number of hydrogen-bond acceptors (Lipinski definition) is 3. The van der Waals surface area contributed by atoms with E-state index in [2.05, 4.69) is 37.9 Å². The topological polar surface area (TPSA) is 36.4 Å². The van der Waals surface area contributed by atoms with E-state index < -0.39 is 6.23 Å². The Morgan fingerprint density at radius 2 is 1.76 bits per heavy atom. The first-order valence-corrected chi connectivity index (χ1v) is 7.29. The molecule has 0 bridgehead atoms. The van der Waals surface area contributed by atoms with Gasteiger partial charge < -0.3 is 10.0 Å². The molecule has 1 unspecified atom stereocenters. The lowest BCUT2D eigenvalue weighted by Crippen LogP contribution is -2.24. The van der Waals surface area contributed by atoms with Gasteiger partial charge >= 0.3 is 0 Å². The van der Waals surface area contributed by atoms with Crippen LogP contribution in [0.15, 0.2) is 42.7 Å². The van der Waals surface area contributed by atoms with Crippen molar-refractivity contribution in [1.29, 1.82) is 0 Å². The Bertz CT molecular complexity index is 605. The summed E-state index contributed by atoms with van der Waals surface area (Å²) in [5.41, 5.74) is 2.99. The molecule has 0 spiro atoms. The predicted octanol–water partition coefficient (Wildman–Crippen LogP) is 4.16. The number of rotatable bonds is 3. The van der Waals surface area contributed by atoms with Crippen molar-refractivity contribution in [2.24, 2.45) is 0 Å². The maximum absolute atomic E-state index is 10.4. The Labute approximate surface area is 131 Å². The molecule has 2 aromatic rings. The fourth-order valence-corrected chi connectivity index (χ4v) is 2.31. The summed E-state index contributed by atoms with van der Waals surface area (Å²) in [6.07, 6.45) is 2.39. The summed E-state index contributed by atoms with van der Waals surface area (Å²) in [5, 5.41) is 10.9. The van der Waals surface area contributed by atoms with Gasteiger partial charge in [-0.1, -0.05) is 44.5 Å². The maximum atomic E-state index is 10.4.